The Morgan fingerprint density at radius 2 is 2.50 bits per heavy atom. The third-order valence-corrected chi connectivity index (χ3v) is 2.37. The van der Waals surface area contributed by atoms with Gasteiger partial charge in [-0.3, -0.25) is 0 Å². The van der Waals surface area contributed by atoms with Gasteiger partial charge in [0.15, 0.2) is 0 Å². The average molecular weight is 185 g/mol. The van der Waals surface area contributed by atoms with Crippen molar-refractivity contribution in [3.8, 4) is 0 Å². The lowest BCUT2D eigenvalue weighted by atomic mass is 10.4. The van der Waals surface area contributed by atoms with Crippen LogP contribution >= 0.6 is 11.8 Å². The van der Waals surface area contributed by atoms with Crippen molar-refractivity contribution in [1.82, 2.24) is 9.97 Å². The Kier molecular flexibility index (Phi) is 3.99. The maximum atomic E-state index is 8.64. The lowest BCUT2D eigenvalue weighted by Crippen LogP contribution is -2.26. The molecule has 0 saturated carbocycles. The molecule has 4 nitrogen and oxygen atoms in total. The first-order valence-electron chi connectivity index (χ1n) is 3.58. The molecule has 0 aliphatic carbocycles. The fourth-order valence-corrected chi connectivity index (χ4v) is 1.38. The molecular weight excluding hydrogens is 174 g/mol. The van der Waals surface area contributed by atoms with Crippen LogP contribution in [0.1, 0.15) is 0 Å². The number of thioether (sulfide) groups is 1. The second-order valence-electron chi connectivity index (χ2n) is 2.30. The molecule has 1 heterocycles. The van der Waals surface area contributed by atoms with Crippen LogP contribution < -0.4 is 5.73 Å². The Morgan fingerprint density at radius 1 is 1.67 bits per heavy atom. The Bertz CT molecular complexity index is 219. The summed E-state index contributed by atoms with van der Waals surface area (Å²) in [5.41, 5.74) is 5.51. The molecule has 5 heteroatoms. The van der Waals surface area contributed by atoms with Gasteiger partial charge in [-0.15, -0.1) is 11.8 Å². The Labute approximate surface area is 75.2 Å². The molecular formula is C7H11N3OS. The highest BCUT2D eigenvalue weighted by molar-refractivity contribution is 7.99. The van der Waals surface area contributed by atoms with E-state index >= 15 is 0 Å². The van der Waals surface area contributed by atoms with E-state index in [0.29, 0.717) is 5.75 Å². The van der Waals surface area contributed by atoms with Gasteiger partial charge in [0.05, 0.1) is 11.6 Å². The van der Waals surface area contributed by atoms with E-state index in [9.17, 15) is 0 Å². The van der Waals surface area contributed by atoms with Crippen molar-refractivity contribution < 1.29 is 5.11 Å². The van der Waals surface area contributed by atoms with Gasteiger partial charge >= 0.3 is 0 Å². The van der Waals surface area contributed by atoms with Gasteiger partial charge in [0.25, 0.3) is 0 Å². The maximum Gasteiger partial charge on any atom is 0.116 e. The number of aromatic nitrogens is 2. The molecule has 1 atom stereocenters. The number of aliphatic hydroxyl groups excluding tert-OH is 1. The van der Waals surface area contributed by atoms with E-state index in [1.54, 1.807) is 6.20 Å². The van der Waals surface area contributed by atoms with Gasteiger partial charge in [0.2, 0.25) is 0 Å². The molecule has 1 aromatic heterocycles. The molecule has 0 saturated heterocycles. The number of hydrogen-bond donors (Lipinski definition) is 2. The summed E-state index contributed by atoms with van der Waals surface area (Å²) in [6.45, 7) is 0.0120. The van der Waals surface area contributed by atoms with Gasteiger partial charge in [-0.25, -0.2) is 9.97 Å². The second-order valence-corrected chi connectivity index (χ2v) is 3.34. The van der Waals surface area contributed by atoms with Crippen molar-refractivity contribution >= 4 is 11.8 Å². The normalized spacial score (nSPS) is 12.8. The minimum atomic E-state index is -0.176. The van der Waals surface area contributed by atoms with Crippen molar-refractivity contribution in [2.45, 2.75) is 11.1 Å². The predicted octanol–water partition coefficient (Wildman–Crippen LogP) is -0.112. The molecule has 0 aliphatic heterocycles. The van der Waals surface area contributed by atoms with Crippen LogP contribution in [0, 0.1) is 0 Å². The van der Waals surface area contributed by atoms with Crippen LogP contribution in [0.4, 0.5) is 0 Å². The standard InChI is InChI=1S/C7H11N3OS/c8-6(3-11)4-12-7-1-2-9-5-10-7/h1-2,5-6,11H,3-4,8H2. The summed E-state index contributed by atoms with van der Waals surface area (Å²) in [5.74, 6) is 0.674. The largest absolute Gasteiger partial charge is 0.395 e. The van der Waals surface area contributed by atoms with Crippen molar-refractivity contribution in [3.63, 3.8) is 0 Å². The van der Waals surface area contributed by atoms with E-state index in [4.69, 9.17) is 10.8 Å². The molecule has 0 spiro atoms. The van der Waals surface area contributed by atoms with Crippen molar-refractivity contribution in [1.29, 1.82) is 0 Å². The monoisotopic (exact) mass is 185 g/mol. The summed E-state index contributed by atoms with van der Waals surface area (Å²) in [6.07, 6.45) is 3.17. The van der Waals surface area contributed by atoms with Gasteiger partial charge in [0.1, 0.15) is 6.33 Å². The third-order valence-electron chi connectivity index (χ3n) is 1.23. The summed E-state index contributed by atoms with van der Waals surface area (Å²) in [4.78, 5) is 7.79. The van der Waals surface area contributed by atoms with Crippen LogP contribution in [0.2, 0.25) is 0 Å². The van der Waals surface area contributed by atoms with Gasteiger partial charge in [0, 0.05) is 18.0 Å². The highest BCUT2D eigenvalue weighted by Crippen LogP contribution is 2.13. The number of hydrogen-bond acceptors (Lipinski definition) is 5. The number of aliphatic hydroxyl groups is 1. The second kappa shape index (κ2) is 5.08. The molecule has 1 aromatic rings. The molecule has 0 radical (unpaired) electrons. The van der Waals surface area contributed by atoms with Gasteiger partial charge < -0.3 is 10.8 Å². The van der Waals surface area contributed by atoms with E-state index in [1.165, 1.54) is 18.1 Å². The van der Waals surface area contributed by atoms with Crippen LogP contribution in [-0.4, -0.2) is 33.5 Å². The van der Waals surface area contributed by atoms with Crippen LogP contribution in [-0.2, 0) is 0 Å². The lowest BCUT2D eigenvalue weighted by Gasteiger charge is -2.05. The smallest absolute Gasteiger partial charge is 0.116 e. The summed E-state index contributed by atoms with van der Waals surface area (Å²) >= 11 is 1.52. The summed E-state index contributed by atoms with van der Waals surface area (Å²) in [7, 11) is 0. The zero-order valence-electron chi connectivity index (χ0n) is 6.55. The molecule has 0 amide bonds. The number of nitrogens with two attached hydrogens (primary N) is 1. The number of rotatable bonds is 4. The van der Waals surface area contributed by atoms with E-state index < -0.39 is 0 Å². The van der Waals surface area contributed by atoms with Crippen LogP contribution in [0.15, 0.2) is 23.6 Å². The number of nitrogens with zero attached hydrogens (tertiary/aromatic N) is 2. The molecule has 0 fully saturated rings. The summed E-state index contributed by atoms with van der Waals surface area (Å²) < 4.78 is 0. The Morgan fingerprint density at radius 3 is 3.08 bits per heavy atom. The van der Waals surface area contributed by atoms with Crippen molar-refractivity contribution in [3.05, 3.63) is 18.6 Å². The molecule has 3 N–H and O–H groups in total. The topological polar surface area (TPSA) is 72.0 Å². The Hall–Kier alpha value is -0.650. The third kappa shape index (κ3) is 3.17. The summed E-state index contributed by atoms with van der Waals surface area (Å²) in [6, 6.07) is 1.64. The minimum absolute atomic E-state index is 0.0120. The summed E-state index contributed by atoms with van der Waals surface area (Å²) in [5, 5.41) is 9.52. The van der Waals surface area contributed by atoms with Crippen molar-refractivity contribution in [2.24, 2.45) is 5.73 Å². The first-order chi connectivity index (χ1) is 5.83. The average Bonchev–Trinajstić information content (AvgIpc) is 2.16. The van der Waals surface area contributed by atoms with Gasteiger partial charge in [-0.2, -0.15) is 0 Å². The first kappa shape index (κ1) is 9.44. The zero-order valence-corrected chi connectivity index (χ0v) is 7.37. The van der Waals surface area contributed by atoms with Crippen LogP contribution in [0.5, 0.6) is 0 Å². The minimum Gasteiger partial charge on any atom is -0.395 e. The lowest BCUT2D eigenvalue weighted by molar-refractivity contribution is 0.275. The highest BCUT2D eigenvalue weighted by Gasteiger charge is 2.01. The molecule has 66 valence electrons. The fraction of sp³-hybridized carbons (Fsp3) is 0.429. The van der Waals surface area contributed by atoms with Crippen molar-refractivity contribution in [2.75, 3.05) is 12.4 Å². The maximum absolute atomic E-state index is 8.64. The molecule has 1 rings (SSSR count). The highest BCUT2D eigenvalue weighted by atomic mass is 32.2. The molecule has 1 unspecified atom stereocenters. The fourth-order valence-electron chi connectivity index (χ4n) is 0.609. The van der Waals surface area contributed by atoms with Gasteiger partial charge in [-0.1, -0.05) is 0 Å². The molecule has 0 aromatic carbocycles. The molecule has 0 bridgehead atoms. The zero-order chi connectivity index (χ0) is 8.81. The quantitative estimate of drug-likeness (QED) is 0.506. The Balaban J connectivity index is 2.33. The molecule has 12 heavy (non-hydrogen) atoms. The SMILES string of the molecule is NC(CO)CSc1ccncn1. The van der Waals surface area contributed by atoms with Crippen LogP contribution in [0.25, 0.3) is 0 Å². The van der Waals surface area contributed by atoms with E-state index in [-0.39, 0.29) is 12.6 Å². The van der Waals surface area contributed by atoms with E-state index in [0.717, 1.165) is 5.03 Å². The van der Waals surface area contributed by atoms with Crippen LogP contribution in [0.3, 0.4) is 0 Å². The first-order valence-corrected chi connectivity index (χ1v) is 4.56. The van der Waals surface area contributed by atoms with E-state index in [2.05, 4.69) is 9.97 Å². The predicted molar refractivity (Wildman–Crippen MR) is 47.8 cm³/mol. The van der Waals surface area contributed by atoms with Gasteiger partial charge in [-0.05, 0) is 6.07 Å². The van der Waals surface area contributed by atoms with E-state index in [1.807, 2.05) is 6.07 Å². The molecule has 0 aliphatic rings.